The van der Waals surface area contributed by atoms with Crippen molar-refractivity contribution in [1.82, 2.24) is 9.79 Å². The fraction of sp³-hybridized carbons (Fsp3) is 0.294. The number of nitrogens with zero attached hydrogens (tertiary/aromatic N) is 1. The standard InChI is InChI=1S/C17H22N2O3S/c1-2-3-6-12-19(13-11-18-20)23(21,22)17-10-9-15-7-4-5-8-16(15)14-17/h2-5,7-10,14,18,20H,6,11-13H2,1H3. The minimum absolute atomic E-state index is 0.183. The first-order valence-electron chi connectivity index (χ1n) is 7.56. The lowest BCUT2D eigenvalue weighted by molar-refractivity contribution is 0.160. The van der Waals surface area contributed by atoms with E-state index in [2.05, 4.69) is 0 Å². The summed E-state index contributed by atoms with van der Waals surface area (Å²) in [6.45, 7) is 2.67. The molecule has 0 aliphatic rings. The lowest BCUT2D eigenvalue weighted by Crippen LogP contribution is -2.36. The van der Waals surface area contributed by atoms with E-state index < -0.39 is 10.0 Å². The Morgan fingerprint density at radius 1 is 1.13 bits per heavy atom. The first kappa shape index (κ1) is 17.6. The average Bonchev–Trinajstić information content (AvgIpc) is 2.57. The van der Waals surface area contributed by atoms with Gasteiger partial charge in [0.15, 0.2) is 0 Å². The maximum Gasteiger partial charge on any atom is 0.243 e. The van der Waals surface area contributed by atoms with Crippen molar-refractivity contribution >= 4 is 20.8 Å². The van der Waals surface area contributed by atoms with E-state index in [4.69, 9.17) is 5.21 Å². The van der Waals surface area contributed by atoms with Gasteiger partial charge in [-0.25, -0.2) is 13.9 Å². The Balaban J connectivity index is 2.32. The Morgan fingerprint density at radius 3 is 2.57 bits per heavy atom. The SMILES string of the molecule is CC=CCCN(CCNO)S(=O)(=O)c1ccc2ccccc2c1. The molecule has 6 heteroatoms. The molecule has 0 unspecified atom stereocenters. The topological polar surface area (TPSA) is 69.6 Å². The van der Waals surface area contributed by atoms with E-state index >= 15 is 0 Å². The highest BCUT2D eigenvalue weighted by Crippen LogP contribution is 2.22. The fourth-order valence-electron chi connectivity index (χ4n) is 2.39. The number of hydrogen-bond donors (Lipinski definition) is 2. The van der Waals surface area contributed by atoms with E-state index in [0.29, 0.717) is 13.0 Å². The van der Waals surface area contributed by atoms with Gasteiger partial charge < -0.3 is 5.21 Å². The van der Waals surface area contributed by atoms with Crippen molar-refractivity contribution in [3.05, 3.63) is 54.6 Å². The third-order valence-electron chi connectivity index (χ3n) is 3.61. The molecule has 0 spiro atoms. The molecule has 0 aliphatic carbocycles. The molecule has 0 radical (unpaired) electrons. The Labute approximate surface area is 137 Å². The van der Waals surface area contributed by atoms with Crippen LogP contribution in [0.5, 0.6) is 0 Å². The van der Waals surface area contributed by atoms with Gasteiger partial charge in [0.05, 0.1) is 4.90 Å². The van der Waals surface area contributed by atoms with E-state index in [9.17, 15) is 8.42 Å². The lowest BCUT2D eigenvalue weighted by Gasteiger charge is -2.21. The number of fused-ring (bicyclic) bond motifs is 1. The largest absolute Gasteiger partial charge is 0.317 e. The van der Waals surface area contributed by atoms with E-state index in [1.54, 1.807) is 12.1 Å². The van der Waals surface area contributed by atoms with Gasteiger partial charge in [-0.2, -0.15) is 4.31 Å². The van der Waals surface area contributed by atoms with Gasteiger partial charge in [-0.15, -0.1) is 0 Å². The van der Waals surface area contributed by atoms with Gasteiger partial charge in [0.25, 0.3) is 0 Å². The van der Waals surface area contributed by atoms with Crippen molar-refractivity contribution in [3.8, 4) is 0 Å². The van der Waals surface area contributed by atoms with Crippen molar-refractivity contribution in [2.24, 2.45) is 0 Å². The van der Waals surface area contributed by atoms with E-state index in [0.717, 1.165) is 10.8 Å². The van der Waals surface area contributed by atoms with Crippen molar-refractivity contribution in [3.63, 3.8) is 0 Å². The van der Waals surface area contributed by atoms with Crippen molar-refractivity contribution in [2.75, 3.05) is 19.6 Å². The lowest BCUT2D eigenvalue weighted by atomic mass is 10.1. The number of benzene rings is 2. The smallest absolute Gasteiger partial charge is 0.243 e. The summed E-state index contributed by atoms with van der Waals surface area (Å²) in [7, 11) is -3.60. The highest BCUT2D eigenvalue weighted by molar-refractivity contribution is 7.89. The van der Waals surface area contributed by atoms with Gasteiger partial charge >= 0.3 is 0 Å². The summed E-state index contributed by atoms with van der Waals surface area (Å²) in [6, 6.07) is 12.8. The summed E-state index contributed by atoms with van der Waals surface area (Å²) in [5.74, 6) is 0. The molecule has 2 aromatic carbocycles. The van der Waals surface area contributed by atoms with Gasteiger partial charge in [-0.1, -0.05) is 42.5 Å². The maximum absolute atomic E-state index is 12.9. The molecule has 0 atom stereocenters. The molecule has 2 aromatic rings. The van der Waals surface area contributed by atoms with Crippen molar-refractivity contribution in [2.45, 2.75) is 18.2 Å². The molecule has 2 N–H and O–H groups in total. The third kappa shape index (κ3) is 4.39. The van der Waals surface area contributed by atoms with Gasteiger partial charge in [0.1, 0.15) is 0 Å². The minimum Gasteiger partial charge on any atom is -0.317 e. The molecule has 0 bridgehead atoms. The Morgan fingerprint density at radius 2 is 1.87 bits per heavy atom. The summed E-state index contributed by atoms with van der Waals surface area (Å²) in [5, 5.41) is 10.7. The highest BCUT2D eigenvalue weighted by Gasteiger charge is 2.23. The Hall–Kier alpha value is -1.73. The summed E-state index contributed by atoms with van der Waals surface area (Å²) in [6.07, 6.45) is 4.45. The number of hydrogen-bond acceptors (Lipinski definition) is 4. The van der Waals surface area contributed by atoms with Crippen LogP contribution in [0, 0.1) is 0 Å². The fourth-order valence-corrected chi connectivity index (χ4v) is 3.88. The van der Waals surface area contributed by atoms with Gasteiger partial charge in [0.2, 0.25) is 10.0 Å². The molecule has 0 amide bonds. The monoisotopic (exact) mass is 334 g/mol. The average molecular weight is 334 g/mol. The van der Waals surface area contributed by atoms with Crippen LogP contribution >= 0.6 is 0 Å². The number of hydroxylamine groups is 1. The quantitative estimate of drug-likeness (QED) is 0.575. The van der Waals surface area contributed by atoms with Gasteiger partial charge in [-0.3, -0.25) is 0 Å². The van der Waals surface area contributed by atoms with Gasteiger partial charge in [0, 0.05) is 19.6 Å². The number of rotatable bonds is 8. The van der Waals surface area contributed by atoms with Crippen LogP contribution < -0.4 is 5.48 Å². The predicted octanol–water partition coefficient (Wildman–Crippen LogP) is 2.78. The molecule has 0 heterocycles. The number of sulfonamides is 1. The molecule has 0 fully saturated rings. The third-order valence-corrected chi connectivity index (χ3v) is 5.51. The first-order chi connectivity index (χ1) is 11.1. The molecule has 2 rings (SSSR count). The maximum atomic E-state index is 12.9. The van der Waals surface area contributed by atoms with Crippen molar-refractivity contribution < 1.29 is 13.6 Å². The molecular formula is C17H22N2O3S. The molecule has 0 aromatic heterocycles. The molecule has 23 heavy (non-hydrogen) atoms. The second kappa shape index (κ2) is 8.21. The van der Waals surface area contributed by atoms with Crippen LogP contribution in [-0.2, 0) is 10.0 Å². The summed E-state index contributed by atoms with van der Waals surface area (Å²) in [5.41, 5.74) is 2.02. The Bertz CT molecular complexity index is 772. The minimum atomic E-state index is -3.60. The van der Waals surface area contributed by atoms with Crippen LogP contribution in [0.25, 0.3) is 10.8 Å². The molecule has 0 saturated heterocycles. The van der Waals surface area contributed by atoms with Crippen LogP contribution in [0.15, 0.2) is 59.5 Å². The summed E-state index contributed by atoms with van der Waals surface area (Å²) in [4.78, 5) is 0.273. The molecule has 5 nitrogen and oxygen atoms in total. The van der Waals surface area contributed by atoms with Crippen molar-refractivity contribution in [1.29, 1.82) is 0 Å². The zero-order chi connectivity index (χ0) is 16.7. The Kier molecular flexibility index (Phi) is 6.29. The molecular weight excluding hydrogens is 312 g/mol. The first-order valence-corrected chi connectivity index (χ1v) is 9.00. The zero-order valence-corrected chi connectivity index (χ0v) is 14.0. The predicted molar refractivity (Wildman–Crippen MR) is 91.9 cm³/mol. The van der Waals surface area contributed by atoms with Crippen LogP contribution in [0.3, 0.4) is 0 Å². The summed E-state index contributed by atoms with van der Waals surface area (Å²) < 4.78 is 27.1. The normalized spacial score (nSPS) is 12.5. The summed E-state index contributed by atoms with van der Waals surface area (Å²) >= 11 is 0. The zero-order valence-electron chi connectivity index (χ0n) is 13.1. The molecule has 124 valence electrons. The van der Waals surface area contributed by atoms with E-state index in [1.807, 2.05) is 54.9 Å². The number of allylic oxidation sites excluding steroid dienone is 1. The number of nitrogens with one attached hydrogen (secondary N) is 1. The van der Waals surface area contributed by atoms with Gasteiger partial charge in [-0.05, 0) is 36.2 Å². The second-order valence-corrected chi connectivity index (χ2v) is 7.12. The van der Waals surface area contributed by atoms with Crippen LogP contribution in [-0.4, -0.2) is 37.6 Å². The highest BCUT2D eigenvalue weighted by atomic mass is 32.2. The van der Waals surface area contributed by atoms with E-state index in [-0.39, 0.29) is 18.0 Å². The second-order valence-electron chi connectivity index (χ2n) is 5.18. The molecule has 0 aliphatic heterocycles. The molecule has 0 saturated carbocycles. The van der Waals surface area contributed by atoms with E-state index in [1.165, 1.54) is 4.31 Å². The van der Waals surface area contributed by atoms with Crippen LogP contribution in [0.1, 0.15) is 13.3 Å². The van der Waals surface area contributed by atoms with Crippen LogP contribution in [0.4, 0.5) is 0 Å². The van der Waals surface area contributed by atoms with Crippen LogP contribution in [0.2, 0.25) is 0 Å².